The first-order valence-electron chi connectivity index (χ1n) is 11.4. The number of benzene rings is 2. The third kappa shape index (κ3) is 6.03. The Balaban J connectivity index is 0.00000361. The molecule has 0 atom stereocenters. The lowest BCUT2D eigenvalue weighted by atomic mass is 10.1. The van der Waals surface area contributed by atoms with E-state index in [-0.39, 0.29) is 18.3 Å². The highest BCUT2D eigenvalue weighted by Crippen LogP contribution is 2.39. The average molecular weight is 551 g/mol. The smallest absolute Gasteiger partial charge is 0.260 e. The van der Waals surface area contributed by atoms with Crippen LogP contribution in [0.25, 0.3) is 10.2 Å². The van der Waals surface area contributed by atoms with Gasteiger partial charge in [-0.05, 0) is 50.6 Å². The van der Waals surface area contributed by atoms with Crippen LogP contribution in [0.1, 0.15) is 30.6 Å². The van der Waals surface area contributed by atoms with E-state index >= 15 is 0 Å². The first-order chi connectivity index (χ1) is 17.0. The number of hydrogen-bond acceptors (Lipinski definition) is 7. The standard InChI is InChI=1S/C25H27ClN4O4S.ClH/c1-4-33-19-9-7-17(15-21(19)34-5-2)24(31)30(13-6-12-29-14-11-27-16-29)25-28-22-20(32-3)10-8-18(26)23(22)35-25;/h7-11,14-16H,4-6,12-13H2,1-3H3;1H. The molecule has 2 aromatic heterocycles. The van der Waals surface area contributed by atoms with Crippen LogP contribution < -0.4 is 19.1 Å². The summed E-state index contributed by atoms with van der Waals surface area (Å²) in [7, 11) is 1.59. The maximum Gasteiger partial charge on any atom is 0.260 e. The molecule has 0 unspecified atom stereocenters. The number of hydrogen-bond donors (Lipinski definition) is 0. The van der Waals surface area contributed by atoms with E-state index in [4.69, 9.17) is 30.8 Å². The van der Waals surface area contributed by atoms with Gasteiger partial charge in [0.15, 0.2) is 16.6 Å². The van der Waals surface area contributed by atoms with Gasteiger partial charge < -0.3 is 18.8 Å². The molecule has 0 N–H and O–H groups in total. The van der Waals surface area contributed by atoms with E-state index in [0.717, 1.165) is 4.70 Å². The Morgan fingerprint density at radius 3 is 2.56 bits per heavy atom. The first-order valence-corrected chi connectivity index (χ1v) is 12.5. The van der Waals surface area contributed by atoms with Crippen LogP contribution in [0.4, 0.5) is 5.13 Å². The van der Waals surface area contributed by atoms with E-state index < -0.39 is 0 Å². The van der Waals surface area contributed by atoms with Gasteiger partial charge in [0.1, 0.15) is 11.3 Å². The summed E-state index contributed by atoms with van der Waals surface area (Å²) in [5.74, 6) is 1.56. The molecule has 192 valence electrons. The fraction of sp³-hybridized carbons (Fsp3) is 0.320. The number of anilines is 1. The highest BCUT2D eigenvalue weighted by molar-refractivity contribution is 7.23. The van der Waals surface area contributed by atoms with Crippen molar-refractivity contribution in [2.24, 2.45) is 0 Å². The van der Waals surface area contributed by atoms with E-state index in [0.29, 0.717) is 71.2 Å². The Kier molecular flexibility index (Phi) is 9.81. The second-order valence-corrected chi connectivity index (χ2v) is 8.95. The summed E-state index contributed by atoms with van der Waals surface area (Å²) in [6.07, 6.45) is 6.10. The van der Waals surface area contributed by atoms with E-state index in [1.54, 1.807) is 54.9 Å². The lowest BCUT2D eigenvalue weighted by molar-refractivity contribution is 0.0985. The second-order valence-electron chi connectivity index (χ2n) is 7.56. The molecule has 0 fully saturated rings. The van der Waals surface area contributed by atoms with Gasteiger partial charge in [-0.25, -0.2) is 9.97 Å². The zero-order valence-electron chi connectivity index (χ0n) is 20.3. The maximum absolute atomic E-state index is 13.8. The third-order valence-electron chi connectivity index (χ3n) is 5.29. The van der Waals surface area contributed by atoms with Crippen LogP contribution in [0.5, 0.6) is 17.2 Å². The number of fused-ring (bicyclic) bond motifs is 1. The molecule has 0 bridgehead atoms. The molecule has 0 aliphatic carbocycles. The van der Waals surface area contributed by atoms with Crippen LogP contribution in [0.15, 0.2) is 49.1 Å². The van der Waals surface area contributed by atoms with Crippen molar-refractivity contribution in [3.05, 3.63) is 59.6 Å². The van der Waals surface area contributed by atoms with Crippen molar-refractivity contribution in [2.75, 3.05) is 31.8 Å². The number of imidazole rings is 1. The SMILES string of the molecule is CCOc1ccc(C(=O)N(CCCn2ccnc2)c2nc3c(OC)ccc(Cl)c3s2)cc1OCC.Cl. The highest BCUT2D eigenvalue weighted by atomic mass is 35.5. The summed E-state index contributed by atoms with van der Waals surface area (Å²) < 4.78 is 19.6. The van der Waals surface area contributed by atoms with E-state index in [2.05, 4.69) is 4.98 Å². The number of aromatic nitrogens is 3. The molecule has 0 aliphatic heterocycles. The Morgan fingerprint density at radius 1 is 1.11 bits per heavy atom. The van der Waals surface area contributed by atoms with Gasteiger partial charge in [0.2, 0.25) is 0 Å². The number of nitrogens with zero attached hydrogens (tertiary/aromatic N) is 4. The van der Waals surface area contributed by atoms with Gasteiger partial charge in [-0.15, -0.1) is 12.4 Å². The molecule has 0 saturated carbocycles. The van der Waals surface area contributed by atoms with Gasteiger partial charge in [-0.1, -0.05) is 22.9 Å². The van der Waals surface area contributed by atoms with Crippen LogP contribution in [0.2, 0.25) is 5.02 Å². The zero-order valence-corrected chi connectivity index (χ0v) is 22.7. The predicted molar refractivity (Wildman–Crippen MR) is 146 cm³/mol. The average Bonchev–Trinajstić information content (AvgIpc) is 3.54. The zero-order chi connectivity index (χ0) is 24.8. The van der Waals surface area contributed by atoms with Crippen LogP contribution in [0.3, 0.4) is 0 Å². The number of thiazole rings is 1. The third-order valence-corrected chi connectivity index (χ3v) is 6.83. The molecule has 4 rings (SSSR count). The maximum atomic E-state index is 13.8. The Labute approximate surface area is 225 Å². The lowest BCUT2D eigenvalue weighted by Gasteiger charge is -2.21. The summed E-state index contributed by atoms with van der Waals surface area (Å²) in [5, 5.41) is 1.11. The van der Waals surface area contributed by atoms with Gasteiger partial charge in [-0.2, -0.15) is 0 Å². The molecule has 1 amide bonds. The topological polar surface area (TPSA) is 78.7 Å². The molecule has 8 nitrogen and oxygen atoms in total. The van der Waals surface area contributed by atoms with Crippen molar-refractivity contribution in [1.29, 1.82) is 0 Å². The van der Waals surface area contributed by atoms with Crippen molar-refractivity contribution < 1.29 is 19.0 Å². The minimum Gasteiger partial charge on any atom is -0.494 e. The van der Waals surface area contributed by atoms with Gasteiger partial charge in [0.05, 0.1) is 36.4 Å². The lowest BCUT2D eigenvalue weighted by Crippen LogP contribution is -2.32. The van der Waals surface area contributed by atoms with Crippen LogP contribution in [-0.2, 0) is 6.54 Å². The minimum atomic E-state index is -0.186. The van der Waals surface area contributed by atoms with E-state index in [1.165, 1.54) is 11.3 Å². The van der Waals surface area contributed by atoms with Crippen LogP contribution in [0, 0.1) is 0 Å². The second kappa shape index (κ2) is 12.8. The monoisotopic (exact) mass is 550 g/mol. The van der Waals surface area contributed by atoms with Crippen LogP contribution >= 0.6 is 35.3 Å². The molecular formula is C25H28Cl2N4O4S. The van der Waals surface area contributed by atoms with E-state index in [9.17, 15) is 4.79 Å². The molecule has 0 radical (unpaired) electrons. The Morgan fingerprint density at radius 2 is 1.86 bits per heavy atom. The highest BCUT2D eigenvalue weighted by Gasteiger charge is 2.24. The molecule has 36 heavy (non-hydrogen) atoms. The quantitative estimate of drug-likeness (QED) is 0.224. The molecule has 4 aromatic rings. The fourth-order valence-electron chi connectivity index (χ4n) is 3.68. The number of aryl methyl sites for hydroxylation is 1. The molecular weight excluding hydrogens is 523 g/mol. The summed E-state index contributed by atoms with van der Waals surface area (Å²) in [5.41, 5.74) is 1.12. The number of methoxy groups -OCH3 is 1. The molecule has 0 saturated heterocycles. The van der Waals surface area contributed by atoms with Crippen molar-refractivity contribution in [1.82, 2.24) is 14.5 Å². The molecule has 11 heteroatoms. The number of halogens is 2. The van der Waals surface area contributed by atoms with Gasteiger partial charge in [0.25, 0.3) is 5.91 Å². The molecule has 2 aromatic carbocycles. The first kappa shape index (κ1) is 27.6. The summed E-state index contributed by atoms with van der Waals surface area (Å²) in [4.78, 5) is 24.3. The number of rotatable bonds is 11. The fourth-order valence-corrected chi connectivity index (χ4v) is 4.96. The summed E-state index contributed by atoms with van der Waals surface area (Å²) in [6.45, 7) is 5.93. The number of amides is 1. The normalized spacial score (nSPS) is 10.7. The Hall–Kier alpha value is -3.01. The van der Waals surface area contributed by atoms with Crippen LogP contribution in [-0.4, -0.2) is 47.3 Å². The largest absolute Gasteiger partial charge is 0.494 e. The van der Waals surface area contributed by atoms with Gasteiger partial charge in [0, 0.05) is 31.0 Å². The summed E-state index contributed by atoms with van der Waals surface area (Å²) >= 11 is 7.81. The van der Waals surface area contributed by atoms with Crippen molar-refractivity contribution >= 4 is 56.6 Å². The number of carbonyl (C=O) groups is 1. The van der Waals surface area contributed by atoms with Gasteiger partial charge >= 0.3 is 0 Å². The van der Waals surface area contributed by atoms with Crippen molar-refractivity contribution in [3.63, 3.8) is 0 Å². The number of carbonyl (C=O) groups excluding carboxylic acids is 1. The number of ether oxygens (including phenoxy) is 3. The molecule has 2 heterocycles. The van der Waals surface area contributed by atoms with Crippen molar-refractivity contribution in [3.8, 4) is 17.2 Å². The molecule has 0 spiro atoms. The Bertz CT molecular complexity index is 1300. The van der Waals surface area contributed by atoms with Gasteiger partial charge in [-0.3, -0.25) is 9.69 Å². The molecule has 0 aliphatic rings. The predicted octanol–water partition coefficient (Wildman–Crippen LogP) is 6.11. The summed E-state index contributed by atoms with van der Waals surface area (Å²) in [6, 6.07) is 8.79. The minimum absolute atomic E-state index is 0. The van der Waals surface area contributed by atoms with E-state index in [1.807, 2.05) is 24.6 Å². The van der Waals surface area contributed by atoms with Crippen molar-refractivity contribution in [2.45, 2.75) is 26.8 Å².